The Hall–Kier alpha value is -0.850. The molecule has 2 aliphatic heterocycles. The summed E-state index contributed by atoms with van der Waals surface area (Å²) in [5, 5.41) is 3.38. The number of rotatable bonds is 8. The van der Waals surface area contributed by atoms with Crippen molar-refractivity contribution in [1.29, 1.82) is 0 Å². The molecule has 1 aliphatic carbocycles. The molecule has 3 fully saturated rings. The highest BCUT2D eigenvalue weighted by molar-refractivity contribution is 5.79. The number of guanidine groups is 1. The average molecular weight is 338 g/mol. The number of nitrogens with zero attached hydrogens (tertiary/aromatic N) is 3. The van der Waals surface area contributed by atoms with Crippen LogP contribution in [-0.2, 0) is 9.47 Å². The number of likely N-dealkylation sites (N-methyl/N-ethyl adjacent to an activating group) is 1. The third-order valence-corrected chi connectivity index (χ3v) is 5.22. The Morgan fingerprint density at radius 2 is 2.25 bits per heavy atom. The maximum atomic E-state index is 6.01. The summed E-state index contributed by atoms with van der Waals surface area (Å²) >= 11 is 0. The van der Waals surface area contributed by atoms with Gasteiger partial charge in [-0.3, -0.25) is 9.89 Å². The van der Waals surface area contributed by atoms with Crippen LogP contribution in [0.1, 0.15) is 32.6 Å². The molecule has 0 spiro atoms. The first kappa shape index (κ1) is 18.0. The second kappa shape index (κ2) is 9.02. The first-order valence-corrected chi connectivity index (χ1v) is 9.69. The van der Waals surface area contributed by atoms with Crippen LogP contribution in [0.15, 0.2) is 4.99 Å². The summed E-state index contributed by atoms with van der Waals surface area (Å²) in [6.45, 7) is 9.43. The smallest absolute Gasteiger partial charge is 0.193 e. The van der Waals surface area contributed by atoms with E-state index in [2.05, 4.69) is 29.1 Å². The molecule has 6 heteroatoms. The van der Waals surface area contributed by atoms with Crippen molar-refractivity contribution < 1.29 is 9.47 Å². The van der Waals surface area contributed by atoms with Gasteiger partial charge in [-0.15, -0.1) is 0 Å². The molecule has 0 aromatic rings. The second-order valence-electron chi connectivity index (χ2n) is 7.38. The van der Waals surface area contributed by atoms with Crippen molar-refractivity contribution in [1.82, 2.24) is 15.1 Å². The van der Waals surface area contributed by atoms with E-state index in [4.69, 9.17) is 14.5 Å². The van der Waals surface area contributed by atoms with Gasteiger partial charge < -0.3 is 19.7 Å². The molecule has 1 saturated carbocycles. The maximum absolute atomic E-state index is 6.01. The average Bonchev–Trinajstić information content (AvgIpc) is 3.30. The number of hydrogen-bond acceptors (Lipinski definition) is 4. The summed E-state index contributed by atoms with van der Waals surface area (Å²) in [4.78, 5) is 9.54. The first-order valence-electron chi connectivity index (χ1n) is 9.69. The van der Waals surface area contributed by atoms with Gasteiger partial charge in [-0.2, -0.15) is 0 Å². The molecule has 2 unspecified atom stereocenters. The number of fused-ring (bicyclic) bond motifs is 1. The molecule has 0 amide bonds. The number of nitrogens with one attached hydrogen (secondary N) is 1. The second-order valence-corrected chi connectivity index (χ2v) is 7.38. The van der Waals surface area contributed by atoms with Gasteiger partial charge in [-0.1, -0.05) is 0 Å². The lowest BCUT2D eigenvalue weighted by Crippen LogP contribution is -2.48. The van der Waals surface area contributed by atoms with Gasteiger partial charge in [-0.05, 0) is 45.1 Å². The summed E-state index contributed by atoms with van der Waals surface area (Å²) in [6.07, 6.45) is 5.53. The van der Waals surface area contributed by atoms with E-state index in [1.807, 2.05) is 0 Å². The standard InChI is InChI=1S/C18H34N4O2/c1-3-19-18(21(2)9-10-23-13-15-6-7-15)20-11-17-12-22-8-4-5-16(22)14-24-17/h15-17H,3-14H2,1-2H3,(H,19,20). The van der Waals surface area contributed by atoms with Crippen LogP contribution in [0.2, 0.25) is 0 Å². The molecule has 1 N–H and O–H groups in total. The first-order chi connectivity index (χ1) is 11.8. The van der Waals surface area contributed by atoms with Gasteiger partial charge in [0.05, 0.1) is 25.9 Å². The van der Waals surface area contributed by atoms with E-state index in [-0.39, 0.29) is 6.10 Å². The number of aliphatic imine (C=N–C) groups is 1. The van der Waals surface area contributed by atoms with E-state index in [0.29, 0.717) is 6.04 Å². The molecule has 24 heavy (non-hydrogen) atoms. The zero-order valence-electron chi connectivity index (χ0n) is 15.4. The Morgan fingerprint density at radius 3 is 3.04 bits per heavy atom. The van der Waals surface area contributed by atoms with Gasteiger partial charge in [0.25, 0.3) is 0 Å². The maximum Gasteiger partial charge on any atom is 0.193 e. The fourth-order valence-electron chi connectivity index (χ4n) is 3.50. The van der Waals surface area contributed by atoms with E-state index < -0.39 is 0 Å². The lowest BCUT2D eigenvalue weighted by atomic mass is 10.2. The SMILES string of the molecule is CCNC(=NCC1CN2CCCC2CO1)N(C)CCOCC1CC1. The molecule has 0 bridgehead atoms. The minimum absolute atomic E-state index is 0.229. The molecule has 6 nitrogen and oxygen atoms in total. The molecule has 138 valence electrons. The molecule has 2 heterocycles. The lowest BCUT2D eigenvalue weighted by Gasteiger charge is -2.34. The van der Waals surface area contributed by atoms with Crippen molar-refractivity contribution in [2.75, 3.05) is 59.6 Å². The van der Waals surface area contributed by atoms with E-state index >= 15 is 0 Å². The molecule has 0 aromatic heterocycles. The molecule has 3 rings (SSSR count). The van der Waals surface area contributed by atoms with Crippen LogP contribution in [0.25, 0.3) is 0 Å². The summed E-state index contributed by atoms with van der Waals surface area (Å²) in [6, 6.07) is 0.657. The molecular formula is C18H34N4O2. The van der Waals surface area contributed by atoms with Crippen LogP contribution in [0.3, 0.4) is 0 Å². The van der Waals surface area contributed by atoms with Crippen LogP contribution in [-0.4, -0.2) is 87.5 Å². The van der Waals surface area contributed by atoms with Crippen molar-refractivity contribution in [3.05, 3.63) is 0 Å². The van der Waals surface area contributed by atoms with Crippen molar-refractivity contribution in [2.24, 2.45) is 10.9 Å². The third kappa shape index (κ3) is 5.33. The summed E-state index contributed by atoms with van der Waals surface area (Å²) in [5.74, 6) is 1.79. The van der Waals surface area contributed by atoms with Crippen LogP contribution in [0.5, 0.6) is 0 Å². The molecule has 0 radical (unpaired) electrons. The summed E-state index contributed by atoms with van der Waals surface area (Å²) in [5.41, 5.74) is 0. The van der Waals surface area contributed by atoms with E-state index in [0.717, 1.165) is 57.9 Å². The topological polar surface area (TPSA) is 49.3 Å². The van der Waals surface area contributed by atoms with Crippen molar-refractivity contribution in [3.63, 3.8) is 0 Å². The molecule has 2 saturated heterocycles. The number of morpholine rings is 1. The predicted octanol–water partition coefficient (Wildman–Crippen LogP) is 1.17. The Morgan fingerprint density at radius 1 is 1.38 bits per heavy atom. The van der Waals surface area contributed by atoms with Gasteiger partial charge in [0, 0.05) is 39.3 Å². The zero-order chi connectivity index (χ0) is 16.8. The molecule has 0 aromatic carbocycles. The molecule has 3 aliphatic rings. The Balaban J connectivity index is 1.41. The monoisotopic (exact) mass is 338 g/mol. The van der Waals surface area contributed by atoms with Gasteiger partial charge >= 0.3 is 0 Å². The minimum Gasteiger partial charge on any atom is -0.379 e. The van der Waals surface area contributed by atoms with E-state index in [1.54, 1.807) is 0 Å². The van der Waals surface area contributed by atoms with Crippen LogP contribution >= 0.6 is 0 Å². The van der Waals surface area contributed by atoms with Crippen LogP contribution < -0.4 is 5.32 Å². The van der Waals surface area contributed by atoms with E-state index in [9.17, 15) is 0 Å². The Kier molecular flexibility index (Phi) is 6.75. The lowest BCUT2D eigenvalue weighted by molar-refractivity contribution is -0.0432. The van der Waals surface area contributed by atoms with Crippen molar-refractivity contribution >= 4 is 5.96 Å². The van der Waals surface area contributed by atoms with E-state index in [1.165, 1.54) is 32.2 Å². The zero-order valence-corrected chi connectivity index (χ0v) is 15.4. The fraction of sp³-hybridized carbons (Fsp3) is 0.944. The fourth-order valence-corrected chi connectivity index (χ4v) is 3.50. The number of hydrogen-bond donors (Lipinski definition) is 1. The molecular weight excluding hydrogens is 304 g/mol. The van der Waals surface area contributed by atoms with Crippen molar-refractivity contribution in [2.45, 2.75) is 44.8 Å². The highest BCUT2D eigenvalue weighted by Crippen LogP contribution is 2.28. The van der Waals surface area contributed by atoms with Gasteiger partial charge in [-0.25, -0.2) is 0 Å². The highest BCUT2D eigenvalue weighted by atomic mass is 16.5. The van der Waals surface area contributed by atoms with Gasteiger partial charge in [0.1, 0.15) is 0 Å². The Bertz CT molecular complexity index is 414. The third-order valence-electron chi connectivity index (χ3n) is 5.22. The van der Waals surface area contributed by atoms with Gasteiger partial charge in [0.2, 0.25) is 0 Å². The van der Waals surface area contributed by atoms with Crippen LogP contribution in [0, 0.1) is 5.92 Å². The highest BCUT2D eigenvalue weighted by Gasteiger charge is 2.32. The van der Waals surface area contributed by atoms with Gasteiger partial charge in [0.15, 0.2) is 5.96 Å². The predicted molar refractivity (Wildman–Crippen MR) is 96.5 cm³/mol. The molecule has 2 atom stereocenters. The Labute approximate surface area is 146 Å². The normalized spacial score (nSPS) is 28.0. The largest absolute Gasteiger partial charge is 0.379 e. The minimum atomic E-state index is 0.229. The number of ether oxygens (including phenoxy) is 2. The van der Waals surface area contributed by atoms with Crippen LogP contribution in [0.4, 0.5) is 0 Å². The summed E-state index contributed by atoms with van der Waals surface area (Å²) < 4.78 is 11.8. The summed E-state index contributed by atoms with van der Waals surface area (Å²) in [7, 11) is 2.08. The van der Waals surface area contributed by atoms with Crippen molar-refractivity contribution in [3.8, 4) is 0 Å². The quantitative estimate of drug-likeness (QED) is 0.409.